The van der Waals surface area contributed by atoms with Crippen molar-refractivity contribution in [3.05, 3.63) is 72.8 Å². The van der Waals surface area contributed by atoms with E-state index in [0.29, 0.717) is 6.61 Å². The third-order valence-electron chi connectivity index (χ3n) is 4.36. The van der Waals surface area contributed by atoms with E-state index in [1.807, 2.05) is 24.3 Å². The Morgan fingerprint density at radius 3 is 1.77 bits per heavy atom. The molecule has 0 radical (unpaired) electrons. The van der Waals surface area contributed by atoms with E-state index in [-0.39, 0.29) is 17.6 Å². The average Bonchev–Trinajstić information content (AvgIpc) is 2.61. The third-order valence-corrected chi connectivity index (χ3v) is 9.37. The van der Waals surface area contributed by atoms with Crippen molar-refractivity contribution in [3.63, 3.8) is 0 Å². The Morgan fingerprint density at radius 1 is 0.885 bits per heavy atom. The zero-order valence-corrected chi connectivity index (χ0v) is 17.1. The Hall–Kier alpha value is -2.17. The summed E-state index contributed by atoms with van der Waals surface area (Å²) >= 11 is 0. The summed E-state index contributed by atoms with van der Waals surface area (Å²) in [6.45, 7) is 8.92. The maximum Gasteiger partial charge on any atom is 0.302 e. The minimum Gasteiger partial charge on any atom is -0.462 e. The van der Waals surface area contributed by atoms with Crippen molar-refractivity contribution in [2.75, 3.05) is 13.2 Å². The molecule has 0 amide bonds. The van der Waals surface area contributed by atoms with Gasteiger partial charge in [-0.1, -0.05) is 87.5 Å². The first-order valence-corrected chi connectivity index (χ1v) is 10.8. The summed E-state index contributed by atoms with van der Waals surface area (Å²) in [6, 6.07) is 21.1. The fraction of sp³-hybridized carbons (Fsp3) is 0.318. The van der Waals surface area contributed by atoms with Crippen molar-refractivity contribution >= 4 is 24.7 Å². The summed E-state index contributed by atoms with van der Waals surface area (Å²) in [5.74, 6) is -0.275. The third kappa shape index (κ3) is 4.71. The largest absolute Gasteiger partial charge is 0.462 e. The monoisotopic (exact) mass is 368 g/mol. The fourth-order valence-electron chi connectivity index (χ4n) is 3.24. The number of carbonyl (C=O) groups excluding carboxylic acids is 1. The molecule has 0 bridgehead atoms. The second kappa shape index (κ2) is 8.97. The fourth-order valence-corrected chi connectivity index (χ4v) is 7.74. The number of benzene rings is 2. The molecule has 0 saturated carbocycles. The van der Waals surface area contributed by atoms with Crippen LogP contribution in [0.5, 0.6) is 0 Å². The minimum absolute atomic E-state index is 0.0422. The molecule has 0 unspecified atom stereocenters. The van der Waals surface area contributed by atoms with Crippen molar-refractivity contribution in [1.29, 1.82) is 0 Å². The van der Waals surface area contributed by atoms with E-state index in [1.165, 1.54) is 17.3 Å². The van der Waals surface area contributed by atoms with Crippen molar-refractivity contribution < 1.29 is 14.0 Å². The Morgan fingerprint density at radius 2 is 1.35 bits per heavy atom. The first-order chi connectivity index (χ1) is 12.4. The van der Waals surface area contributed by atoms with Crippen LogP contribution in [0.4, 0.5) is 0 Å². The van der Waals surface area contributed by atoms with Gasteiger partial charge in [-0.3, -0.25) is 4.79 Å². The van der Waals surface area contributed by atoms with Gasteiger partial charge in [-0.05, 0) is 21.5 Å². The van der Waals surface area contributed by atoms with Crippen LogP contribution in [0.15, 0.2) is 72.8 Å². The van der Waals surface area contributed by atoms with Crippen molar-refractivity contribution in [2.45, 2.75) is 32.7 Å². The highest BCUT2D eigenvalue weighted by Gasteiger charge is 2.49. The van der Waals surface area contributed by atoms with Gasteiger partial charge < -0.3 is 9.16 Å². The molecule has 0 N–H and O–H groups in total. The molecule has 0 atom stereocenters. The van der Waals surface area contributed by atoms with E-state index in [4.69, 9.17) is 9.16 Å². The van der Waals surface area contributed by atoms with Gasteiger partial charge in [-0.2, -0.15) is 0 Å². The lowest BCUT2D eigenvalue weighted by Gasteiger charge is -2.42. The lowest BCUT2D eigenvalue weighted by atomic mass is 10.2. The molecule has 0 aliphatic carbocycles. The molecule has 0 fully saturated rings. The predicted molar refractivity (Wildman–Crippen MR) is 109 cm³/mol. The Bertz CT molecular complexity index is 679. The standard InChI is InChI=1S/C22H28O3Si/c1-19(23)24-17-11-12-18-25-26(22(2,3)4,20-13-7-5-8-14-20)21-15-9-6-10-16-21/h5-16H,17-18H2,1-4H3/b12-11-. The Kier molecular flexibility index (Phi) is 6.95. The summed E-state index contributed by atoms with van der Waals surface area (Å²) in [5.41, 5.74) is 0. The van der Waals surface area contributed by atoms with Crippen LogP contribution in [0.2, 0.25) is 5.04 Å². The summed E-state index contributed by atoms with van der Waals surface area (Å²) < 4.78 is 11.6. The van der Waals surface area contributed by atoms with Gasteiger partial charge in [-0.25, -0.2) is 0 Å². The van der Waals surface area contributed by atoms with Gasteiger partial charge in [0.2, 0.25) is 0 Å². The van der Waals surface area contributed by atoms with Gasteiger partial charge >= 0.3 is 5.97 Å². The van der Waals surface area contributed by atoms with Crippen LogP contribution in [0.1, 0.15) is 27.7 Å². The van der Waals surface area contributed by atoms with Crippen LogP contribution in [-0.4, -0.2) is 27.5 Å². The number of esters is 1. The molecule has 0 spiro atoms. The molecule has 0 aliphatic rings. The molecule has 3 nitrogen and oxygen atoms in total. The van der Waals surface area contributed by atoms with E-state index in [2.05, 4.69) is 69.3 Å². The van der Waals surface area contributed by atoms with Gasteiger partial charge in [0, 0.05) is 6.92 Å². The molecule has 2 rings (SSSR count). The normalized spacial score (nSPS) is 12.3. The molecular weight excluding hydrogens is 340 g/mol. The zero-order valence-electron chi connectivity index (χ0n) is 16.1. The second-order valence-electron chi connectivity index (χ2n) is 7.25. The summed E-state index contributed by atoms with van der Waals surface area (Å²) in [6.07, 6.45) is 3.77. The predicted octanol–water partition coefficient (Wildman–Crippen LogP) is 3.68. The molecular formula is C22H28O3Si. The molecule has 0 aliphatic heterocycles. The van der Waals surface area contributed by atoms with E-state index >= 15 is 0 Å². The number of hydrogen-bond acceptors (Lipinski definition) is 3. The SMILES string of the molecule is CC(=O)OC/C=C\CO[Si](c1ccccc1)(c1ccccc1)C(C)(C)C. The summed E-state index contributed by atoms with van der Waals surface area (Å²) in [4.78, 5) is 10.9. The summed E-state index contributed by atoms with van der Waals surface area (Å²) in [5, 5.41) is 2.47. The minimum atomic E-state index is -2.49. The highest BCUT2D eigenvalue weighted by Crippen LogP contribution is 2.36. The van der Waals surface area contributed by atoms with Crippen LogP contribution >= 0.6 is 0 Å². The molecule has 0 aromatic heterocycles. The zero-order chi connectivity index (χ0) is 19.0. The highest BCUT2D eigenvalue weighted by atomic mass is 28.4. The highest BCUT2D eigenvalue weighted by molar-refractivity contribution is 6.99. The first-order valence-electron chi connectivity index (χ1n) is 8.91. The van der Waals surface area contributed by atoms with Crippen molar-refractivity contribution in [2.24, 2.45) is 0 Å². The van der Waals surface area contributed by atoms with Crippen LogP contribution in [-0.2, 0) is 14.0 Å². The molecule has 0 heterocycles. The lowest BCUT2D eigenvalue weighted by molar-refractivity contribution is -0.139. The molecule has 26 heavy (non-hydrogen) atoms. The van der Waals surface area contributed by atoms with E-state index < -0.39 is 8.32 Å². The smallest absolute Gasteiger partial charge is 0.302 e. The van der Waals surface area contributed by atoms with Crippen LogP contribution in [0, 0.1) is 0 Å². The molecule has 4 heteroatoms. The summed E-state index contributed by atoms with van der Waals surface area (Å²) in [7, 11) is -2.49. The number of rotatable bonds is 7. The van der Waals surface area contributed by atoms with Gasteiger partial charge in [-0.15, -0.1) is 0 Å². The Balaban J connectivity index is 2.36. The van der Waals surface area contributed by atoms with Crippen molar-refractivity contribution in [1.82, 2.24) is 0 Å². The molecule has 2 aromatic rings. The quantitative estimate of drug-likeness (QED) is 0.425. The van der Waals surface area contributed by atoms with E-state index in [0.717, 1.165) is 0 Å². The van der Waals surface area contributed by atoms with Crippen LogP contribution < -0.4 is 10.4 Å². The number of ether oxygens (including phenoxy) is 1. The van der Waals surface area contributed by atoms with Crippen LogP contribution in [0.3, 0.4) is 0 Å². The number of carbonyl (C=O) groups is 1. The maximum atomic E-state index is 10.9. The molecule has 2 aromatic carbocycles. The average molecular weight is 369 g/mol. The van der Waals surface area contributed by atoms with E-state index in [1.54, 1.807) is 0 Å². The Labute approximate surface area is 157 Å². The van der Waals surface area contributed by atoms with Gasteiger partial charge in [0.1, 0.15) is 6.61 Å². The van der Waals surface area contributed by atoms with Crippen molar-refractivity contribution in [3.8, 4) is 0 Å². The molecule has 0 saturated heterocycles. The number of hydrogen-bond donors (Lipinski definition) is 0. The van der Waals surface area contributed by atoms with Gasteiger partial charge in [0.15, 0.2) is 0 Å². The first kappa shape index (κ1) is 20.1. The topological polar surface area (TPSA) is 35.5 Å². The lowest BCUT2D eigenvalue weighted by Crippen LogP contribution is -2.66. The van der Waals surface area contributed by atoms with Gasteiger partial charge in [0.05, 0.1) is 6.61 Å². The molecule has 138 valence electrons. The van der Waals surface area contributed by atoms with E-state index in [9.17, 15) is 4.79 Å². The van der Waals surface area contributed by atoms with Gasteiger partial charge in [0.25, 0.3) is 8.32 Å². The second-order valence-corrected chi connectivity index (χ2v) is 11.6. The van der Waals surface area contributed by atoms with Crippen LogP contribution in [0.25, 0.3) is 0 Å². The maximum absolute atomic E-state index is 10.9.